The normalized spacial score (nSPS) is 7.43. The Morgan fingerprint density at radius 2 is 2.29 bits per heavy atom. The first-order valence-electron chi connectivity index (χ1n) is 1.42. The lowest BCUT2D eigenvalue weighted by molar-refractivity contribution is 0.200. The van der Waals surface area contributed by atoms with Crippen LogP contribution in [0.4, 0.5) is 4.79 Å². The molecule has 0 rings (SSSR count). The van der Waals surface area contributed by atoms with Gasteiger partial charge in [-0.2, -0.15) is 0 Å². The van der Waals surface area contributed by atoms with Gasteiger partial charge >= 0.3 is 6.09 Å². The maximum absolute atomic E-state index is 9.53. The topological polar surface area (TPSA) is 75.3 Å². The summed E-state index contributed by atoms with van der Waals surface area (Å²) in [5.41, 5.74) is 4.73. The van der Waals surface area contributed by atoms with Crippen LogP contribution in [0.25, 0.3) is 0 Å². The highest BCUT2D eigenvalue weighted by Gasteiger charge is 1.90. The first-order valence-corrected chi connectivity index (χ1v) is 1.83. The number of nitrogens with one attached hydrogen (secondary N) is 1. The number of hydrogen-bond donors (Lipinski definition) is 3. The molecule has 0 aliphatic heterocycles. The number of carbonyl (C=O) groups is 1. The van der Waals surface area contributed by atoms with Crippen molar-refractivity contribution in [1.29, 1.82) is 0 Å². The lowest BCUT2D eigenvalue weighted by Crippen LogP contribution is -2.33. The summed E-state index contributed by atoms with van der Waals surface area (Å²) in [5.74, 6) is 0. The highest BCUT2D eigenvalue weighted by atomic mass is 32.1. The fraction of sp³-hybridized carbons (Fsp3) is 0. The molecule has 0 saturated carbocycles. The van der Waals surface area contributed by atoms with E-state index in [4.69, 9.17) is 10.8 Å². The van der Waals surface area contributed by atoms with Crippen molar-refractivity contribution in [3.63, 3.8) is 0 Å². The molecule has 0 spiro atoms. The fourth-order valence-corrected chi connectivity index (χ4v) is 0.193. The summed E-state index contributed by atoms with van der Waals surface area (Å²) in [5, 5.41) is 9.31. The molecule has 0 unspecified atom stereocenters. The van der Waals surface area contributed by atoms with E-state index in [-0.39, 0.29) is 5.11 Å². The zero-order valence-corrected chi connectivity index (χ0v) is 4.16. The largest absolute Gasteiger partial charge is 0.465 e. The third-order valence-electron chi connectivity index (χ3n) is 0.230. The van der Waals surface area contributed by atoms with E-state index in [1.54, 1.807) is 5.32 Å². The third kappa shape index (κ3) is 5.16. The van der Waals surface area contributed by atoms with E-state index in [1.165, 1.54) is 0 Å². The summed E-state index contributed by atoms with van der Waals surface area (Å²) in [4.78, 5) is 9.53. The van der Waals surface area contributed by atoms with Crippen LogP contribution in [0.1, 0.15) is 0 Å². The molecule has 0 radical (unpaired) electrons. The molecule has 0 aromatic rings. The van der Waals surface area contributed by atoms with E-state index in [0.29, 0.717) is 0 Å². The van der Waals surface area contributed by atoms with Gasteiger partial charge in [0.25, 0.3) is 0 Å². The molecular formula is C2H4N2O2S. The molecule has 0 fully saturated rings. The highest BCUT2D eigenvalue weighted by molar-refractivity contribution is 7.80. The van der Waals surface area contributed by atoms with Crippen molar-refractivity contribution in [2.75, 3.05) is 0 Å². The molecular weight excluding hydrogens is 116 g/mol. The van der Waals surface area contributed by atoms with Crippen molar-refractivity contribution in [3.05, 3.63) is 0 Å². The molecule has 0 bridgehead atoms. The van der Waals surface area contributed by atoms with Crippen LogP contribution in [0.15, 0.2) is 0 Å². The number of thiocarbonyl (C=S) groups is 1. The van der Waals surface area contributed by atoms with E-state index in [9.17, 15) is 4.79 Å². The second-order valence-electron chi connectivity index (χ2n) is 0.794. The molecule has 0 aromatic carbocycles. The van der Waals surface area contributed by atoms with Crippen molar-refractivity contribution in [2.24, 2.45) is 5.73 Å². The Morgan fingerprint density at radius 3 is 2.29 bits per heavy atom. The van der Waals surface area contributed by atoms with E-state index >= 15 is 0 Å². The van der Waals surface area contributed by atoms with Gasteiger partial charge in [0.15, 0.2) is 5.11 Å². The highest BCUT2D eigenvalue weighted by Crippen LogP contribution is 1.57. The van der Waals surface area contributed by atoms with Crippen LogP contribution in [-0.4, -0.2) is 16.3 Å². The van der Waals surface area contributed by atoms with Gasteiger partial charge in [0, 0.05) is 0 Å². The Bertz CT molecular complexity index is 89.9. The van der Waals surface area contributed by atoms with Crippen LogP contribution in [0, 0.1) is 0 Å². The van der Waals surface area contributed by atoms with Gasteiger partial charge in [-0.1, -0.05) is 0 Å². The van der Waals surface area contributed by atoms with E-state index in [2.05, 4.69) is 12.2 Å². The lowest BCUT2D eigenvalue weighted by atomic mass is 11.0. The van der Waals surface area contributed by atoms with Crippen molar-refractivity contribution < 1.29 is 9.90 Å². The molecule has 0 atom stereocenters. The van der Waals surface area contributed by atoms with Gasteiger partial charge in [0.05, 0.1) is 0 Å². The van der Waals surface area contributed by atoms with Gasteiger partial charge in [-0.15, -0.1) is 0 Å². The lowest BCUT2D eigenvalue weighted by Gasteiger charge is -1.90. The molecule has 40 valence electrons. The predicted octanol–water partition coefficient (Wildman–Crippen LogP) is -0.502. The van der Waals surface area contributed by atoms with Gasteiger partial charge in [0.1, 0.15) is 0 Å². The Morgan fingerprint density at radius 1 is 1.86 bits per heavy atom. The van der Waals surface area contributed by atoms with Gasteiger partial charge in [-0.3, -0.25) is 5.32 Å². The Kier molecular flexibility index (Phi) is 2.07. The average Bonchev–Trinajstić information content (AvgIpc) is 1.27. The minimum absolute atomic E-state index is 0.229. The van der Waals surface area contributed by atoms with Crippen LogP contribution in [-0.2, 0) is 0 Å². The molecule has 5 heteroatoms. The predicted molar refractivity (Wildman–Crippen MR) is 27.9 cm³/mol. The van der Waals surface area contributed by atoms with Gasteiger partial charge < -0.3 is 10.8 Å². The van der Waals surface area contributed by atoms with Gasteiger partial charge in [-0.05, 0) is 12.2 Å². The molecule has 7 heavy (non-hydrogen) atoms. The molecule has 1 amide bonds. The average molecular weight is 120 g/mol. The summed E-state index contributed by atoms with van der Waals surface area (Å²) in [7, 11) is 0. The maximum Gasteiger partial charge on any atom is 0.410 e. The Labute approximate surface area is 45.3 Å². The fourth-order valence-electron chi connectivity index (χ4n) is 0.105. The summed E-state index contributed by atoms with van der Waals surface area (Å²) in [6.45, 7) is 0. The Balaban J connectivity index is 3.32. The van der Waals surface area contributed by atoms with Crippen molar-refractivity contribution in [1.82, 2.24) is 5.32 Å². The summed E-state index contributed by atoms with van der Waals surface area (Å²) < 4.78 is 0. The first kappa shape index (κ1) is 6.16. The smallest absolute Gasteiger partial charge is 0.410 e. The van der Waals surface area contributed by atoms with Crippen molar-refractivity contribution in [3.8, 4) is 0 Å². The summed E-state index contributed by atoms with van der Waals surface area (Å²) in [6, 6.07) is 0. The molecule has 4 N–H and O–H groups in total. The van der Waals surface area contributed by atoms with Crippen LogP contribution in [0.3, 0.4) is 0 Å². The van der Waals surface area contributed by atoms with Crippen molar-refractivity contribution >= 4 is 23.4 Å². The zero-order valence-electron chi connectivity index (χ0n) is 3.34. The van der Waals surface area contributed by atoms with Gasteiger partial charge in [-0.25, -0.2) is 4.79 Å². The zero-order chi connectivity index (χ0) is 5.86. The molecule has 4 nitrogen and oxygen atoms in total. The molecule has 0 aliphatic carbocycles. The summed E-state index contributed by atoms with van der Waals surface area (Å²) >= 11 is 4.16. The van der Waals surface area contributed by atoms with E-state index in [1.807, 2.05) is 0 Å². The number of amides is 1. The maximum atomic E-state index is 9.53. The molecule has 0 heterocycles. The Hall–Kier alpha value is -0.840. The molecule has 0 saturated heterocycles. The number of nitrogens with two attached hydrogens (primary N) is 1. The third-order valence-corrected chi connectivity index (χ3v) is 0.332. The number of hydrogen-bond acceptors (Lipinski definition) is 2. The standard InChI is InChI=1S/C2H4N2O2S/c3-1(7)4-2(5)6/h(H,5,6)(H3,3,4,7). The SMILES string of the molecule is NC(=S)NC(=O)O. The summed E-state index contributed by atoms with van der Waals surface area (Å²) in [6.07, 6.45) is -1.23. The van der Waals surface area contributed by atoms with Crippen LogP contribution >= 0.6 is 12.2 Å². The molecule has 0 aromatic heterocycles. The second-order valence-corrected chi connectivity index (χ2v) is 1.23. The van der Waals surface area contributed by atoms with Crippen molar-refractivity contribution in [2.45, 2.75) is 0 Å². The van der Waals surface area contributed by atoms with Crippen LogP contribution < -0.4 is 11.1 Å². The minimum Gasteiger partial charge on any atom is -0.465 e. The van der Waals surface area contributed by atoms with Gasteiger partial charge in [0.2, 0.25) is 0 Å². The monoisotopic (exact) mass is 120 g/mol. The molecule has 0 aliphatic rings. The quantitative estimate of drug-likeness (QED) is 0.376. The van der Waals surface area contributed by atoms with E-state index in [0.717, 1.165) is 0 Å². The number of rotatable bonds is 0. The number of carboxylic acid groups (broad SMARTS) is 1. The van der Waals surface area contributed by atoms with Crippen LogP contribution in [0.2, 0.25) is 0 Å². The second kappa shape index (κ2) is 2.35. The first-order chi connectivity index (χ1) is 3.13. The van der Waals surface area contributed by atoms with E-state index < -0.39 is 6.09 Å². The minimum atomic E-state index is -1.23. The van der Waals surface area contributed by atoms with Crippen LogP contribution in [0.5, 0.6) is 0 Å².